The molecule has 1 atom stereocenters. The van der Waals surface area contributed by atoms with E-state index in [-0.39, 0.29) is 5.75 Å². The Hall–Kier alpha value is -4.79. The molecule has 0 aliphatic heterocycles. The van der Waals surface area contributed by atoms with Gasteiger partial charge in [-0.05, 0) is 67.9 Å². The molecule has 0 radical (unpaired) electrons. The Bertz CT molecular complexity index is 1380. The first-order valence-electron chi connectivity index (χ1n) is 12.4. The molecular weight excluding hydrogens is 500 g/mol. The number of benzene rings is 3. The molecule has 0 saturated carbocycles. The van der Waals surface area contributed by atoms with E-state index in [0.29, 0.717) is 30.4 Å². The number of carboxylic acid groups (broad SMARTS) is 1. The summed E-state index contributed by atoms with van der Waals surface area (Å²) in [5.41, 5.74) is 2.48. The lowest BCUT2D eigenvalue weighted by Crippen LogP contribution is -2.39. The van der Waals surface area contributed by atoms with Crippen LogP contribution in [0.25, 0.3) is 11.5 Å². The molecule has 39 heavy (non-hydrogen) atoms. The van der Waals surface area contributed by atoms with Gasteiger partial charge < -0.3 is 23.7 Å². The molecule has 0 aliphatic rings. The van der Waals surface area contributed by atoms with Gasteiger partial charge in [0.1, 0.15) is 29.6 Å². The highest BCUT2D eigenvalue weighted by Crippen LogP contribution is 2.26. The van der Waals surface area contributed by atoms with Crippen LogP contribution in [0.3, 0.4) is 0 Å². The van der Waals surface area contributed by atoms with Crippen molar-refractivity contribution in [2.24, 2.45) is 0 Å². The number of hydrogen-bond acceptors (Lipinski definition) is 7. The third-order valence-corrected chi connectivity index (χ3v) is 6.16. The van der Waals surface area contributed by atoms with Crippen molar-refractivity contribution in [3.63, 3.8) is 0 Å². The van der Waals surface area contributed by atoms with Crippen LogP contribution in [0.15, 0.2) is 83.3 Å². The molecular formula is C30H30N2O7. The number of rotatable bonds is 11. The smallest absolute Gasteiger partial charge is 0.416 e. The van der Waals surface area contributed by atoms with Gasteiger partial charge in [0.15, 0.2) is 0 Å². The van der Waals surface area contributed by atoms with Gasteiger partial charge in [0.05, 0.1) is 25.5 Å². The summed E-state index contributed by atoms with van der Waals surface area (Å²) in [5.74, 6) is 1.72. The number of methoxy groups -OCH3 is 1. The summed E-state index contributed by atoms with van der Waals surface area (Å²) in [6, 6.07) is 22.8. The van der Waals surface area contributed by atoms with Crippen LogP contribution >= 0.6 is 0 Å². The topological polar surface area (TPSA) is 111 Å². The summed E-state index contributed by atoms with van der Waals surface area (Å²) in [4.78, 5) is 30.1. The van der Waals surface area contributed by atoms with Gasteiger partial charge in [0.25, 0.3) is 0 Å². The van der Waals surface area contributed by atoms with E-state index in [4.69, 9.17) is 18.6 Å². The van der Waals surface area contributed by atoms with Crippen molar-refractivity contribution < 1.29 is 33.3 Å². The van der Waals surface area contributed by atoms with Crippen LogP contribution in [-0.4, -0.2) is 47.3 Å². The molecule has 3 aromatic carbocycles. The van der Waals surface area contributed by atoms with Gasteiger partial charge in [-0.15, -0.1) is 0 Å². The van der Waals surface area contributed by atoms with Gasteiger partial charge >= 0.3 is 12.1 Å². The number of carbonyl (C=O) groups is 2. The maximum absolute atomic E-state index is 12.9. The van der Waals surface area contributed by atoms with Gasteiger partial charge in [-0.25, -0.2) is 9.78 Å². The van der Waals surface area contributed by atoms with E-state index in [1.54, 1.807) is 55.5 Å². The minimum absolute atomic E-state index is 0.283. The lowest BCUT2D eigenvalue weighted by molar-refractivity contribution is -0.138. The zero-order valence-electron chi connectivity index (χ0n) is 22.0. The Balaban J connectivity index is 1.36. The standard InChI is InChI=1S/C30H30N2O7/c1-20(32(19-28(33)34)30(35)39-26-15-13-24(36-3)14-16-26)22-9-11-25(12-10-22)37-18-17-27-21(2)38-29(31-27)23-7-5-4-6-8-23/h4-16,20H,17-19H2,1-3H3,(H,33,34). The number of aliphatic carboxylic acids is 1. The normalized spacial score (nSPS) is 11.5. The fraction of sp³-hybridized carbons (Fsp3) is 0.233. The number of aryl methyl sites for hydroxylation is 1. The Kier molecular flexibility index (Phi) is 8.83. The lowest BCUT2D eigenvalue weighted by atomic mass is 10.1. The molecule has 1 aromatic heterocycles. The number of oxazole rings is 1. The second-order valence-electron chi connectivity index (χ2n) is 8.80. The highest BCUT2D eigenvalue weighted by molar-refractivity contribution is 5.78. The molecule has 0 fully saturated rings. The van der Waals surface area contributed by atoms with E-state index in [9.17, 15) is 14.7 Å². The van der Waals surface area contributed by atoms with Crippen LogP contribution in [0.5, 0.6) is 17.2 Å². The SMILES string of the molecule is COc1ccc(OC(=O)N(CC(=O)O)C(C)c2ccc(OCCc3nc(-c4ccccc4)oc3C)cc2)cc1. The number of amides is 1. The summed E-state index contributed by atoms with van der Waals surface area (Å²) in [6.45, 7) is 3.51. The van der Waals surface area contributed by atoms with Gasteiger partial charge in [-0.1, -0.05) is 30.3 Å². The first-order chi connectivity index (χ1) is 18.8. The van der Waals surface area contributed by atoms with Gasteiger partial charge in [-0.2, -0.15) is 0 Å². The monoisotopic (exact) mass is 530 g/mol. The fourth-order valence-corrected chi connectivity index (χ4v) is 3.96. The number of nitrogens with zero attached hydrogens (tertiary/aromatic N) is 2. The zero-order valence-corrected chi connectivity index (χ0v) is 22.0. The van der Waals surface area contributed by atoms with Crippen LogP contribution in [0.4, 0.5) is 4.79 Å². The first-order valence-corrected chi connectivity index (χ1v) is 12.4. The molecule has 0 spiro atoms. The number of hydrogen-bond donors (Lipinski definition) is 1. The van der Waals surface area contributed by atoms with Crippen molar-refractivity contribution in [3.8, 4) is 28.7 Å². The number of carboxylic acids is 1. The lowest BCUT2D eigenvalue weighted by Gasteiger charge is -2.27. The molecule has 1 heterocycles. The second kappa shape index (κ2) is 12.6. The first kappa shape index (κ1) is 27.3. The Morgan fingerprint density at radius 2 is 1.59 bits per heavy atom. The second-order valence-corrected chi connectivity index (χ2v) is 8.80. The van der Waals surface area contributed by atoms with Crippen LogP contribution in [0.2, 0.25) is 0 Å². The van der Waals surface area contributed by atoms with E-state index >= 15 is 0 Å². The third-order valence-electron chi connectivity index (χ3n) is 6.16. The zero-order chi connectivity index (χ0) is 27.8. The summed E-state index contributed by atoms with van der Waals surface area (Å²) in [6.07, 6.45) is -0.197. The number of carbonyl (C=O) groups excluding carboxylic acids is 1. The third kappa shape index (κ3) is 7.16. The molecule has 4 aromatic rings. The van der Waals surface area contributed by atoms with Crippen LogP contribution in [0.1, 0.15) is 30.0 Å². The van der Waals surface area contributed by atoms with E-state index in [1.807, 2.05) is 37.3 Å². The molecule has 0 bridgehead atoms. The highest BCUT2D eigenvalue weighted by atomic mass is 16.6. The van der Waals surface area contributed by atoms with Crippen LogP contribution < -0.4 is 14.2 Å². The van der Waals surface area contributed by atoms with Crippen molar-refractivity contribution in [1.82, 2.24) is 9.88 Å². The minimum Gasteiger partial charge on any atom is -0.497 e. The fourth-order valence-electron chi connectivity index (χ4n) is 3.96. The quantitative estimate of drug-likeness (QED) is 0.254. The maximum Gasteiger partial charge on any atom is 0.416 e. The molecule has 4 rings (SSSR count). The Labute approximate surface area is 226 Å². The van der Waals surface area contributed by atoms with E-state index in [0.717, 1.165) is 27.5 Å². The van der Waals surface area contributed by atoms with Crippen molar-refractivity contribution in [2.75, 3.05) is 20.3 Å². The Morgan fingerprint density at radius 3 is 2.23 bits per heavy atom. The van der Waals surface area contributed by atoms with E-state index < -0.39 is 24.6 Å². The molecule has 1 unspecified atom stereocenters. The van der Waals surface area contributed by atoms with Gasteiger partial charge in [-0.3, -0.25) is 9.69 Å². The van der Waals surface area contributed by atoms with Crippen molar-refractivity contribution in [2.45, 2.75) is 26.3 Å². The average molecular weight is 531 g/mol. The maximum atomic E-state index is 12.9. The number of ether oxygens (including phenoxy) is 3. The molecule has 9 nitrogen and oxygen atoms in total. The minimum atomic E-state index is -1.15. The molecule has 0 aliphatic carbocycles. The molecule has 9 heteroatoms. The Morgan fingerprint density at radius 1 is 0.949 bits per heavy atom. The van der Waals surface area contributed by atoms with Crippen molar-refractivity contribution in [1.29, 1.82) is 0 Å². The van der Waals surface area contributed by atoms with Crippen LogP contribution in [0, 0.1) is 6.92 Å². The predicted molar refractivity (Wildman–Crippen MR) is 144 cm³/mol. The highest BCUT2D eigenvalue weighted by Gasteiger charge is 2.26. The predicted octanol–water partition coefficient (Wildman–Crippen LogP) is 5.93. The summed E-state index contributed by atoms with van der Waals surface area (Å²) in [5, 5.41) is 9.39. The van der Waals surface area contributed by atoms with E-state index in [1.165, 1.54) is 7.11 Å². The molecule has 1 N–H and O–H groups in total. The van der Waals surface area contributed by atoms with Crippen molar-refractivity contribution in [3.05, 3.63) is 95.9 Å². The molecule has 0 saturated heterocycles. The van der Waals surface area contributed by atoms with Crippen LogP contribution in [-0.2, 0) is 11.2 Å². The van der Waals surface area contributed by atoms with Gasteiger partial charge in [0.2, 0.25) is 5.89 Å². The summed E-state index contributed by atoms with van der Waals surface area (Å²) < 4.78 is 22.2. The average Bonchev–Trinajstić information content (AvgIpc) is 3.32. The number of aromatic nitrogens is 1. The summed E-state index contributed by atoms with van der Waals surface area (Å²) >= 11 is 0. The molecule has 202 valence electrons. The molecule has 1 amide bonds. The van der Waals surface area contributed by atoms with Gasteiger partial charge in [0, 0.05) is 12.0 Å². The van der Waals surface area contributed by atoms with E-state index in [2.05, 4.69) is 4.98 Å². The van der Waals surface area contributed by atoms with Crippen molar-refractivity contribution >= 4 is 12.1 Å². The summed E-state index contributed by atoms with van der Waals surface area (Å²) in [7, 11) is 1.53. The largest absolute Gasteiger partial charge is 0.497 e.